The van der Waals surface area contributed by atoms with E-state index in [1.54, 1.807) is 0 Å². The Morgan fingerprint density at radius 2 is 1.95 bits per heavy atom. The summed E-state index contributed by atoms with van der Waals surface area (Å²) in [5, 5.41) is 4.23. The van der Waals surface area contributed by atoms with Crippen LogP contribution in [0.15, 0.2) is 40.5 Å². The van der Waals surface area contributed by atoms with Gasteiger partial charge < -0.3 is 9.47 Å². The molecular formula is C15H16N2OS. The summed E-state index contributed by atoms with van der Waals surface area (Å²) in [4.78, 5) is 14.7. The Balaban J connectivity index is 2.32. The third-order valence-electron chi connectivity index (χ3n) is 3.36. The minimum atomic E-state index is 0.130. The van der Waals surface area contributed by atoms with Crippen LogP contribution in [0.5, 0.6) is 0 Å². The Hall–Kier alpha value is -1.65. The highest BCUT2D eigenvalue weighted by atomic mass is 32.1. The molecular weight excluding hydrogens is 256 g/mol. The van der Waals surface area contributed by atoms with Crippen LogP contribution in [0.4, 0.5) is 0 Å². The topological polar surface area (TPSA) is 25.2 Å². The van der Waals surface area contributed by atoms with Crippen LogP contribution < -0.4 is 5.56 Å². The van der Waals surface area contributed by atoms with E-state index in [-0.39, 0.29) is 5.56 Å². The fourth-order valence-electron chi connectivity index (χ4n) is 2.38. The summed E-state index contributed by atoms with van der Waals surface area (Å²) >= 11 is 1.53. The van der Waals surface area contributed by atoms with Crippen LogP contribution in [0.1, 0.15) is 0 Å². The minimum absolute atomic E-state index is 0.130. The van der Waals surface area contributed by atoms with Gasteiger partial charge in [0, 0.05) is 23.9 Å². The van der Waals surface area contributed by atoms with Gasteiger partial charge in [0.05, 0.1) is 5.52 Å². The summed E-state index contributed by atoms with van der Waals surface area (Å²) in [5.41, 5.74) is 1.16. The number of para-hydroxylation sites is 1. The van der Waals surface area contributed by atoms with E-state index in [0.717, 1.165) is 34.1 Å². The summed E-state index contributed by atoms with van der Waals surface area (Å²) in [6, 6.07) is 10.2. The first-order valence-corrected chi connectivity index (χ1v) is 7.20. The predicted octanol–water partition coefficient (Wildman–Crippen LogP) is 2.78. The number of fused-ring (bicyclic) bond motifs is 3. The third kappa shape index (κ3) is 2.07. The molecule has 3 nitrogen and oxygen atoms in total. The van der Waals surface area contributed by atoms with Gasteiger partial charge in [0.25, 0.3) is 5.56 Å². The Labute approximate surface area is 115 Å². The number of pyridine rings is 1. The summed E-state index contributed by atoms with van der Waals surface area (Å²) in [5.74, 6) is 0. The Morgan fingerprint density at radius 3 is 2.74 bits per heavy atom. The molecule has 4 heteroatoms. The van der Waals surface area contributed by atoms with Crippen molar-refractivity contribution in [2.75, 3.05) is 20.6 Å². The van der Waals surface area contributed by atoms with Crippen molar-refractivity contribution in [1.82, 2.24) is 9.47 Å². The van der Waals surface area contributed by atoms with E-state index in [0.29, 0.717) is 0 Å². The van der Waals surface area contributed by atoms with Crippen LogP contribution in [-0.2, 0) is 6.54 Å². The standard InChI is InChI=1S/C15H16N2OS/c1-16(2)8-9-17-13-6-4-3-5-11(13)12-7-10-19-14(12)15(17)18/h3-7,10H,8-9H2,1-2H3. The average molecular weight is 272 g/mol. The molecule has 0 aliphatic rings. The Morgan fingerprint density at radius 1 is 1.16 bits per heavy atom. The molecule has 1 aromatic carbocycles. The molecule has 0 aliphatic heterocycles. The van der Waals surface area contributed by atoms with E-state index in [4.69, 9.17) is 0 Å². The van der Waals surface area contributed by atoms with Gasteiger partial charge in [0.2, 0.25) is 0 Å². The second-order valence-corrected chi connectivity index (χ2v) is 5.86. The fraction of sp³-hybridized carbons (Fsp3) is 0.267. The van der Waals surface area contributed by atoms with Gasteiger partial charge in [-0.3, -0.25) is 4.79 Å². The van der Waals surface area contributed by atoms with E-state index in [1.807, 2.05) is 48.3 Å². The molecule has 0 saturated carbocycles. The molecule has 0 bridgehead atoms. The quantitative estimate of drug-likeness (QED) is 0.732. The number of benzene rings is 1. The van der Waals surface area contributed by atoms with Gasteiger partial charge in [0.1, 0.15) is 4.70 Å². The van der Waals surface area contributed by atoms with E-state index in [9.17, 15) is 4.79 Å². The molecule has 98 valence electrons. The minimum Gasteiger partial charge on any atom is -0.308 e. The predicted molar refractivity (Wildman–Crippen MR) is 82.1 cm³/mol. The molecule has 0 amide bonds. The summed E-state index contributed by atoms with van der Waals surface area (Å²) in [7, 11) is 4.05. The van der Waals surface area contributed by atoms with E-state index in [1.165, 1.54) is 11.3 Å². The molecule has 2 heterocycles. The molecule has 0 N–H and O–H groups in total. The van der Waals surface area contributed by atoms with E-state index >= 15 is 0 Å². The van der Waals surface area contributed by atoms with Crippen molar-refractivity contribution in [3.8, 4) is 0 Å². The van der Waals surface area contributed by atoms with Crippen LogP contribution in [0.2, 0.25) is 0 Å². The lowest BCUT2D eigenvalue weighted by molar-refractivity contribution is 0.384. The van der Waals surface area contributed by atoms with Gasteiger partial charge in [-0.1, -0.05) is 18.2 Å². The summed E-state index contributed by atoms with van der Waals surface area (Å²) in [6.45, 7) is 1.58. The molecule has 0 spiro atoms. The molecule has 2 aromatic heterocycles. The monoisotopic (exact) mass is 272 g/mol. The van der Waals surface area contributed by atoms with Gasteiger partial charge >= 0.3 is 0 Å². The Bertz CT molecular complexity index is 786. The second kappa shape index (κ2) is 4.79. The van der Waals surface area contributed by atoms with Crippen LogP contribution >= 0.6 is 11.3 Å². The number of aromatic nitrogens is 1. The third-order valence-corrected chi connectivity index (χ3v) is 4.26. The zero-order chi connectivity index (χ0) is 13.4. The lowest BCUT2D eigenvalue weighted by Gasteiger charge is -2.14. The molecule has 0 saturated heterocycles. The van der Waals surface area contributed by atoms with Gasteiger partial charge in [-0.25, -0.2) is 0 Å². The van der Waals surface area contributed by atoms with Crippen LogP contribution in [0, 0.1) is 0 Å². The highest BCUT2D eigenvalue weighted by molar-refractivity contribution is 7.17. The lowest BCUT2D eigenvalue weighted by atomic mass is 10.1. The van der Waals surface area contributed by atoms with Gasteiger partial charge in [-0.15, -0.1) is 11.3 Å². The van der Waals surface area contributed by atoms with Crippen molar-refractivity contribution in [2.45, 2.75) is 6.54 Å². The van der Waals surface area contributed by atoms with E-state index in [2.05, 4.69) is 11.0 Å². The molecule has 0 fully saturated rings. The SMILES string of the molecule is CN(C)CCn1c(=O)c2sccc2c2ccccc21. The van der Waals surface area contributed by atoms with Crippen molar-refractivity contribution in [2.24, 2.45) is 0 Å². The fourth-order valence-corrected chi connectivity index (χ4v) is 3.23. The van der Waals surface area contributed by atoms with Gasteiger partial charge in [-0.2, -0.15) is 0 Å². The van der Waals surface area contributed by atoms with Crippen LogP contribution in [-0.4, -0.2) is 30.1 Å². The van der Waals surface area contributed by atoms with Crippen molar-refractivity contribution >= 4 is 32.3 Å². The first kappa shape index (κ1) is 12.4. The number of thiophene rings is 1. The van der Waals surface area contributed by atoms with Crippen LogP contribution in [0.25, 0.3) is 21.0 Å². The van der Waals surface area contributed by atoms with Gasteiger partial charge in [-0.05, 0) is 31.6 Å². The maximum Gasteiger partial charge on any atom is 0.269 e. The maximum atomic E-state index is 12.6. The molecule has 19 heavy (non-hydrogen) atoms. The maximum absolute atomic E-state index is 12.6. The molecule has 0 radical (unpaired) electrons. The lowest BCUT2D eigenvalue weighted by Crippen LogP contribution is -2.26. The van der Waals surface area contributed by atoms with Gasteiger partial charge in [0.15, 0.2) is 0 Å². The Kier molecular flexibility index (Phi) is 3.12. The second-order valence-electron chi connectivity index (χ2n) is 4.94. The summed E-state index contributed by atoms with van der Waals surface area (Å²) < 4.78 is 2.76. The average Bonchev–Trinajstić information content (AvgIpc) is 2.88. The smallest absolute Gasteiger partial charge is 0.269 e. The number of hydrogen-bond acceptors (Lipinski definition) is 3. The van der Waals surface area contributed by atoms with Crippen molar-refractivity contribution < 1.29 is 0 Å². The highest BCUT2D eigenvalue weighted by Gasteiger charge is 2.11. The first-order chi connectivity index (χ1) is 9.18. The van der Waals surface area contributed by atoms with Crippen LogP contribution in [0.3, 0.4) is 0 Å². The van der Waals surface area contributed by atoms with Crippen molar-refractivity contribution in [3.05, 3.63) is 46.1 Å². The zero-order valence-corrected chi connectivity index (χ0v) is 11.9. The zero-order valence-electron chi connectivity index (χ0n) is 11.1. The normalized spacial score (nSPS) is 11.7. The number of nitrogens with zero attached hydrogens (tertiary/aromatic N) is 2. The first-order valence-electron chi connectivity index (χ1n) is 6.32. The van der Waals surface area contributed by atoms with Crippen molar-refractivity contribution in [3.63, 3.8) is 0 Å². The largest absolute Gasteiger partial charge is 0.308 e. The van der Waals surface area contributed by atoms with Crippen molar-refractivity contribution in [1.29, 1.82) is 0 Å². The number of rotatable bonds is 3. The molecule has 0 unspecified atom stereocenters. The highest BCUT2D eigenvalue weighted by Crippen LogP contribution is 2.26. The summed E-state index contributed by atoms with van der Waals surface area (Å²) in [6.07, 6.45) is 0. The number of hydrogen-bond donors (Lipinski definition) is 0. The number of likely N-dealkylation sites (N-methyl/N-ethyl adjacent to an activating group) is 1. The molecule has 3 aromatic rings. The van der Waals surface area contributed by atoms with E-state index < -0.39 is 0 Å². The molecule has 0 aliphatic carbocycles. The molecule has 0 atom stereocenters. The molecule has 3 rings (SSSR count).